The summed E-state index contributed by atoms with van der Waals surface area (Å²) in [7, 11) is 0. The molecule has 0 atom stereocenters. The summed E-state index contributed by atoms with van der Waals surface area (Å²) in [4.78, 5) is 16.0. The predicted molar refractivity (Wildman–Crippen MR) is 101 cm³/mol. The number of aromatic amines is 1. The van der Waals surface area contributed by atoms with Crippen LogP contribution in [0.4, 0.5) is 0 Å². The maximum atomic E-state index is 11.6. The van der Waals surface area contributed by atoms with Gasteiger partial charge < -0.3 is 9.67 Å². The first-order valence-electron chi connectivity index (χ1n) is 7.54. The Kier molecular flexibility index (Phi) is 5.40. The molecule has 3 rings (SSSR count). The minimum atomic E-state index is -1.02. The number of carboxylic acid groups (broad SMARTS) is 1. The van der Waals surface area contributed by atoms with Crippen molar-refractivity contribution in [2.24, 2.45) is 0 Å². The van der Waals surface area contributed by atoms with Gasteiger partial charge in [0.25, 0.3) is 0 Å². The lowest BCUT2D eigenvalue weighted by Gasteiger charge is -2.07. The lowest BCUT2D eigenvalue weighted by atomic mass is 10.3. The van der Waals surface area contributed by atoms with E-state index >= 15 is 0 Å². The van der Waals surface area contributed by atoms with E-state index in [0.717, 1.165) is 33.4 Å². The zero-order chi connectivity index (χ0) is 17.8. The topological polar surface area (TPSA) is 83.8 Å². The second kappa shape index (κ2) is 7.71. The van der Waals surface area contributed by atoms with Crippen molar-refractivity contribution in [1.29, 1.82) is 0 Å². The van der Waals surface area contributed by atoms with Gasteiger partial charge >= 0.3 is 5.97 Å². The molecule has 2 N–H and O–H groups in total. The summed E-state index contributed by atoms with van der Waals surface area (Å²) in [5.74, 6) is -0.290. The van der Waals surface area contributed by atoms with Gasteiger partial charge in [-0.3, -0.25) is 5.10 Å². The first-order valence-corrected chi connectivity index (χ1v) is 9.15. The normalized spacial score (nSPS) is 11.7. The molecule has 0 bridgehead atoms. The van der Waals surface area contributed by atoms with E-state index in [1.807, 2.05) is 54.1 Å². The summed E-state index contributed by atoms with van der Waals surface area (Å²) in [6.07, 6.45) is 4.23. The van der Waals surface area contributed by atoms with E-state index in [1.54, 1.807) is 6.08 Å². The van der Waals surface area contributed by atoms with Gasteiger partial charge in [0.2, 0.25) is 5.16 Å². The second-order valence-electron chi connectivity index (χ2n) is 5.11. The quantitative estimate of drug-likeness (QED) is 0.464. The van der Waals surface area contributed by atoms with Crippen molar-refractivity contribution >= 4 is 39.7 Å². The van der Waals surface area contributed by atoms with Crippen LogP contribution in [0.3, 0.4) is 0 Å². The lowest BCUT2D eigenvalue weighted by molar-refractivity contribution is -0.131. The van der Waals surface area contributed by atoms with E-state index in [9.17, 15) is 9.90 Å². The molecular formula is C17H15BrN4O2S. The molecule has 0 aliphatic carbocycles. The lowest BCUT2D eigenvalue weighted by Crippen LogP contribution is -2.00. The molecule has 0 amide bonds. The van der Waals surface area contributed by atoms with Crippen molar-refractivity contribution < 1.29 is 9.90 Å². The molecular weight excluding hydrogens is 404 g/mol. The van der Waals surface area contributed by atoms with Crippen molar-refractivity contribution in [2.75, 3.05) is 0 Å². The maximum Gasteiger partial charge on any atom is 0.342 e. The fourth-order valence-electron chi connectivity index (χ4n) is 2.20. The van der Waals surface area contributed by atoms with Crippen molar-refractivity contribution in [3.05, 3.63) is 63.5 Å². The second-order valence-corrected chi connectivity index (χ2v) is 7.04. The van der Waals surface area contributed by atoms with E-state index in [4.69, 9.17) is 0 Å². The molecule has 0 unspecified atom stereocenters. The first kappa shape index (κ1) is 17.5. The number of aryl methyl sites for hydroxylation is 1. The van der Waals surface area contributed by atoms with Crippen molar-refractivity contribution in [1.82, 2.24) is 19.7 Å². The number of rotatable bonds is 6. The van der Waals surface area contributed by atoms with E-state index in [2.05, 4.69) is 31.1 Å². The van der Waals surface area contributed by atoms with Gasteiger partial charge in [-0.15, -0.1) is 5.10 Å². The molecule has 2 heterocycles. The number of nitrogens with one attached hydrogen (secondary N) is 1. The van der Waals surface area contributed by atoms with Crippen LogP contribution < -0.4 is 0 Å². The third-order valence-electron chi connectivity index (χ3n) is 3.42. The van der Waals surface area contributed by atoms with Crippen LogP contribution in [0.2, 0.25) is 0 Å². The highest BCUT2D eigenvalue weighted by molar-refractivity contribution is 9.10. The summed E-state index contributed by atoms with van der Waals surface area (Å²) in [5, 5.41) is 16.7. The third kappa shape index (κ3) is 4.21. The van der Waals surface area contributed by atoms with E-state index in [-0.39, 0.29) is 4.91 Å². The van der Waals surface area contributed by atoms with Crippen molar-refractivity contribution in [3.63, 3.8) is 0 Å². The highest BCUT2D eigenvalue weighted by Crippen LogP contribution is 2.27. The highest BCUT2D eigenvalue weighted by atomic mass is 79.9. The Bertz CT molecular complexity index is 915. The zero-order valence-corrected chi connectivity index (χ0v) is 15.7. The summed E-state index contributed by atoms with van der Waals surface area (Å²) in [6, 6.07) is 11.5. The number of nitrogens with zero attached hydrogens (tertiary/aromatic N) is 3. The molecule has 0 spiro atoms. The summed E-state index contributed by atoms with van der Waals surface area (Å²) < 4.78 is 2.91. The summed E-state index contributed by atoms with van der Waals surface area (Å²) in [5.41, 5.74) is 1.71. The molecule has 1 aromatic carbocycles. The van der Waals surface area contributed by atoms with Gasteiger partial charge in [-0.2, -0.15) is 0 Å². The number of H-pyrrole nitrogens is 1. The first-order chi connectivity index (χ1) is 12.1. The van der Waals surface area contributed by atoms with Gasteiger partial charge in [0.15, 0.2) is 0 Å². The molecule has 0 fully saturated rings. The Hall–Kier alpha value is -2.32. The van der Waals surface area contributed by atoms with Crippen LogP contribution in [0.25, 0.3) is 11.8 Å². The Morgan fingerprint density at radius 2 is 2.12 bits per heavy atom. The fourth-order valence-corrected chi connectivity index (χ4v) is 3.17. The number of carboxylic acids is 1. The van der Waals surface area contributed by atoms with Crippen LogP contribution in [-0.4, -0.2) is 30.8 Å². The van der Waals surface area contributed by atoms with Gasteiger partial charge in [-0.1, -0.05) is 22.9 Å². The number of aromatic nitrogens is 4. The Morgan fingerprint density at radius 1 is 1.36 bits per heavy atom. The highest BCUT2D eigenvalue weighted by Gasteiger charge is 2.14. The molecule has 2 aromatic heterocycles. The maximum absolute atomic E-state index is 11.6. The fraction of sp³-hybridized carbons (Fsp3) is 0.118. The SMILES string of the molecule is CCc1nc(S/C(=C\c2cccn2-c2ccc(Br)cc2)C(=O)O)n[nH]1. The molecule has 8 heteroatoms. The number of benzene rings is 1. The molecule has 0 saturated carbocycles. The minimum absolute atomic E-state index is 0.152. The van der Waals surface area contributed by atoms with Gasteiger partial charge in [-0.25, -0.2) is 9.78 Å². The molecule has 3 aromatic rings. The monoisotopic (exact) mass is 418 g/mol. The molecule has 0 aliphatic heterocycles. The van der Waals surface area contributed by atoms with E-state index in [0.29, 0.717) is 11.6 Å². The molecule has 0 radical (unpaired) electrons. The molecule has 25 heavy (non-hydrogen) atoms. The Balaban J connectivity index is 1.92. The van der Waals surface area contributed by atoms with Crippen molar-refractivity contribution in [2.45, 2.75) is 18.5 Å². The van der Waals surface area contributed by atoms with Crippen LogP contribution in [-0.2, 0) is 11.2 Å². The molecule has 0 aliphatic rings. The standard InChI is InChI=1S/C17H15BrN4O2S/c1-2-15-19-17(21-20-15)25-14(16(23)24)10-13-4-3-9-22(13)12-7-5-11(18)6-8-12/h3-10H,2H2,1H3,(H,23,24)(H,19,20,21)/b14-10-. The number of hydrogen-bond donors (Lipinski definition) is 2. The van der Waals surface area contributed by atoms with Crippen LogP contribution in [0.1, 0.15) is 18.4 Å². The number of thioether (sulfide) groups is 1. The molecule has 0 saturated heterocycles. The van der Waals surface area contributed by atoms with E-state index in [1.165, 1.54) is 0 Å². The van der Waals surface area contributed by atoms with Gasteiger partial charge in [-0.05, 0) is 54.2 Å². The Morgan fingerprint density at radius 3 is 2.76 bits per heavy atom. The molecule has 6 nitrogen and oxygen atoms in total. The number of aliphatic carboxylic acids is 1. The van der Waals surface area contributed by atoms with Crippen LogP contribution in [0.5, 0.6) is 0 Å². The van der Waals surface area contributed by atoms with Gasteiger partial charge in [0.1, 0.15) is 10.7 Å². The van der Waals surface area contributed by atoms with Gasteiger partial charge in [0.05, 0.1) is 0 Å². The average Bonchev–Trinajstić information content (AvgIpc) is 3.24. The molecule has 128 valence electrons. The number of halogens is 1. The summed E-state index contributed by atoms with van der Waals surface area (Å²) >= 11 is 4.44. The third-order valence-corrected chi connectivity index (χ3v) is 4.83. The van der Waals surface area contributed by atoms with E-state index < -0.39 is 5.97 Å². The summed E-state index contributed by atoms with van der Waals surface area (Å²) in [6.45, 7) is 1.95. The average molecular weight is 419 g/mol. The minimum Gasteiger partial charge on any atom is -0.477 e. The Labute approximate surface area is 157 Å². The van der Waals surface area contributed by atoms with Crippen LogP contribution in [0.15, 0.2) is 57.1 Å². The largest absolute Gasteiger partial charge is 0.477 e. The van der Waals surface area contributed by atoms with Crippen LogP contribution >= 0.6 is 27.7 Å². The smallest absolute Gasteiger partial charge is 0.342 e. The predicted octanol–water partition coefficient (Wildman–Crippen LogP) is 4.14. The van der Waals surface area contributed by atoms with Crippen molar-refractivity contribution in [3.8, 4) is 5.69 Å². The number of hydrogen-bond acceptors (Lipinski definition) is 4. The number of carbonyl (C=O) groups is 1. The van der Waals surface area contributed by atoms with Crippen LogP contribution in [0, 0.1) is 0 Å². The van der Waals surface area contributed by atoms with Gasteiger partial charge in [0, 0.05) is 28.5 Å². The zero-order valence-electron chi connectivity index (χ0n) is 13.3.